The number of amides is 1. The van der Waals surface area contributed by atoms with Crippen molar-refractivity contribution < 1.29 is 9.18 Å². The Labute approximate surface area is 165 Å². The van der Waals surface area contributed by atoms with Gasteiger partial charge in [0, 0.05) is 29.4 Å². The van der Waals surface area contributed by atoms with Gasteiger partial charge in [-0.2, -0.15) is 5.10 Å². The van der Waals surface area contributed by atoms with Gasteiger partial charge in [-0.05, 0) is 75.9 Å². The van der Waals surface area contributed by atoms with Gasteiger partial charge in [0.1, 0.15) is 5.82 Å². The molecule has 2 saturated heterocycles. The van der Waals surface area contributed by atoms with Crippen LogP contribution < -0.4 is 5.32 Å². The molecule has 2 atom stereocenters. The molecule has 3 heterocycles. The van der Waals surface area contributed by atoms with Crippen LogP contribution in [0.1, 0.15) is 43.4 Å². The highest BCUT2D eigenvalue weighted by molar-refractivity contribution is 5.81. The smallest absolute Gasteiger partial charge is 0.224 e. The summed E-state index contributed by atoms with van der Waals surface area (Å²) in [5.41, 5.74) is 3.31. The molecule has 0 radical (unpaired) electrons. The van der Waals surface area contributed by atoms with Crippen molar-refractivity contribution in [2.45, 2.75) is 51.5 Å². The van der Waals surface area contributed by atoms with Gasteiger partial charge in [-0.15, -0.1) is 0 Å². The van der Waals surface area contributed by atoms with Gasteiger partial charge in [0.05, 0.1) is 12.1 Å². The van der Waals surface area contributed by atoms with E-state index >= 15 is 0 Å². The third-order valence-electron chi connectivity index (χ3n) is 6.32. The van der Waals surface area contributed by atoms with E-state index in [4.69, 9.17) is 0 Å². The van der Waals surface area contributed by atoms with Gasteiger partial charge in [-0.1, -0.05) is 6.42 Å². The van der Waals surface area contributed by atoms with Crippen molar-refractivity contribution in [1.29, 1.82) is 0 Å². The van der Waals surface area contributed by atoms with Crippen LogP contribution in [0.2, 0.25) is 0 Å². The standard InChI is InChI=1S/C22H29FN4O/c1-15-19(22(26-25-15)16-7-9-18(23)10-8-16)13-21(28)24-14-17-5-4-12-27-11-3-2-6-20(17)27/h7-10,17,20H,2-6,11-14H2,1H3,(H,24,28)(H,25,26)/t17-,20-/m1/s1. The zero-order valence-corrected chi connectivity index (χ0v) is 16.5. The summed E-state index contributed by atoms with van der Waals surface area (Å²) in [6.07, 6.45) is 6.59. The number of aromatic nitrogens is 2. The van der Waals surface area contributed by atoms with Crippen molar-refractivity contribution in [3.05, 3.63) is 41.3 Å². The summed E-state index contributed by atoms with van der Waals surface area (Å²) in [6, 6.07) is 6.87. The Kier molecular flexibility index (Phi) is 5.76. The van der Waals surface area contributed by atoms with Crippen molar-refractivity contribution in [2.24, 2.45) is 5.92 Å². The molecule has 4 rings (SSSR count). The Morgan fingerprint density at radius 2 is 2.00 bits per heavy atom. The lowest BCUT2D eigenvalue weighted by Crippen LogP contribution is -2.51. The van der Waals surface area contributed by atoms with E-state index in [9.17, 15) is 9.18 Å². The van der Waals surface area contributed by atoms with E-state index in [0.29, 0.717) is 12.0 Å². The molecule has 2 aromatic rings. The van der Waals surface area contributed by atoms with Gasteiger partial charge < -0.3 is 10.2 Å². The van der Waals surface area contributed by atoms with Crippen LogP contribution in [-0.2, 0) is 11.2 Å². The highest BCUT2D eigenvalue weighted by atomic mass is 19.1. The lowest BCUT2D eigenvalue weighted by molar-refractivity contribution is -0.120. The molecule has 0 aliphatic carbocycles. The number of aromatic amines is 1. The number of nitrogens with zero attached hydrogens (tertiary/aromatic N) is 2. The maximum absolute atomic E-state index is 13.2. The zero-order valence-electron chi connectivity index (χ0n) is 16.5. The summed E-state index contributed by atoms with van der Waals surface area (Å²) in [4.78, 5) is 15.3. The molecule has 0 spiro atoms. The van der Waals surface area contributed by atoms with Gasteiger partial charge >= 0.3 is 0 Å². The highest BCUT2D eigenvalue weighted by Gasteiger charge is 2.33. The molecule has 6 heteroatoms. The SMILES string of the molecule is Cc1[nH]nc(-c2ccc(F)cc2)c1CC(=O)NC[C@H]1CCCN2CCCC[C@H]12. The Morgan fingerprint density at radius 1 is 1.21 bits per heavy atom. The molecule has 1 amide bonds. The second-order valence-electron chi connectivity index (χ2n) is 8.16. The summed E-state index contributed by atoms with van der Waals surface area (Å²) in [6.45, 7) is 5.10. The van der Waals surface area contributed by atoms with E-state index in [2.05, 4.69) is 20.4 Å². The molecule has 150 valence electrons. The van der Waals surface area contributed by atoms with E-state index < -0.39 is 0 Å². The monoisotopic (exact) mass is 384 g/mol. The van der Waals surface area contributed by atoms with E-state index in [1.807, 2.05) is 6.92 Å². The average molecular weight is 384 g/mol. The first kappa shape index (κ1) is 19.1. The molecule has 2 N–H and O–H groups in total. The average Bonchev–Trinajstić information content (AvgIpc) is 3.07. The minimum absolute atomic E-state index is 0.0285. The number of H-pyrrole nitrogens is 1. The van der Waals surface area contributed by atoms with Crippen molar-refractivity contribution in [3.63, 3.8) is 0 Å². The van der Waals surface area contributed by atoms with Crippen LogP contribution in [-0.4, -0.2) is 46.7 Å². The molecule has 1 aromatic heterocycles. The first-order valence-corrected chi connectivity index (χ1v) is 10.4. The Bertz CT molecular complexity index is 814. The fraction of sp³-hybridized carbons (Fsp3) is 0.545. The van der Waals surface area contributed by atoms with Crippen molar-refractivity contribution >= 4 is 5.91 Å². The number of rotatable bonds is 5. The van der Waals surface area contributed by atoms with Crippen molar-refractivity contribution in [2.75, 3.05) is 19.6 Å². The first-order valence-electron chi connectivity index (χ1n) is 10.4. The topological polar surface area (TPSA) is 61.0 Å². The fourth-order valence-electron chi connectivity index (χ4n) is 4.80. The molecular weight excluding hydrogens is 355 g/mol. The summed E-state index contributed by atoms with van der Waals surface area (Å²) in [5.74, 6) is 0.306. The lowest BCUT2D eigenvalue weighted by Gasteiger charge is -2.44. The van der Waals surface area contributed by atoms with Crippen LogP contribution in [0.25, 0.3) is 11.3 Å². The fourth-order valence-corrected chi connectivity index (χ4v) is 4.80. The van der Waals surface area contributed by atoms with Gasteiger partial charge in [-0.25, -0.2) is 4.39 Å². The van der Waals surface area contributed by atoms with Crippen LogP contribution in [0.4, 0.5) is 4.39 Å². The second-order valence-corrected chi connectivity index (χ2v) is 8.16. The third-order valence-corrected chi connectivity index (χ3v) is 6.32. The van der Waals surface area contributed by atoms with Crippen LogP contribution >= 0.6 is 0 Å². The number of nitrogens with one attached hydrogen (secondary N) is 2. The Hall–Kier alpha value is -2.21. The summed E-state index contributed by atoms with van der Waals surface area (Å²) < 4.78 is 13.2. The molecule has 2 fully saturated rings. The third kappa shape index (κ3) is 4.12. The summed E-state index contributed by atoms with van der Waals surface area (Å²) >= 11 is 0. The molecule has 5 nitrogen and oxygen atoms in total. The van der Waals surface area contributed by atoms with E-state index in [1.54, 1.807) is 12.1 Å². The summed E-state index contributed by atoms with van der Waals surface area (Å²) in [7, 11) is 0. The number of fused-ring (bicyclic) bond motifs is 1. The molecule has 0 saturated carbocycles. The zero-order chi connectivity index (χ0) is 19.5. The second kappa shape index (κ2) is 8.43. The minimum Gasteiger partial charge on any atom is -0.355 e. The number of halogens is 1. The number of hydrogen-bond donors (Lipinski definition) is 2. The highest BCUT2D eigenvalue weighted by Crippen LogP contribution is 2.30. The first-order chi connectivity index (χ1) is 13.6. The molecule has 2 aliphatic heterocycles. The molecule has 0 bridgehead atoms. The normalized spacial score (nSPS) is 22.6. The van der Waals surface area contributed by atoms with Crippen LogP contribution in [0.3, 0.4) is 0 Å². The number of piperidine rings is 2. The van der Waals surface area contributed by atoms with Crippen molar-refractivity contribution in [3.8, 4) is 11.3 Å². The van der Waals surface area contributed by atoms with Crippen molar-refractivity contribution in [1.82, 2.24) is 20.4 Å². The number of carbonyl (C=O) groups excluding carboxylic acids is 1. The molecular formula is C22H29FN4O. The molecule has 28 heavy (non-hydrogen) atoms. The number of aryl methyl sites for hydroxylation is 1. The molecule has 2 aliphatic rings. The number of hydrogen-bond acceptors (Lipinski definition) is 3. The van der Waals surface area contributed by atoms with Crippen LogP contribution in [0.15, 0.2) is 24.3 Å². The molecule has 0 unspecified atom stereocenters. The minimum atomic E-state index is -0.278. The van der Waals surface area contributed by atoms with Gasteiger partial charge in [-0.3, -0.25) is 9.89 Å². The lowest BCUT2D eigenvalue weighted by atomic mass is 9.83. The summed E-state index contributed by atoms with van der Waals surface area (Å²) in [5, 5.41) is 10.5. The predicted molar refractivity (Wildman–Crippen MR) is 107 cm³/mol. The molecule has 1 aromatic carbocycles. The van der Waals surface area contributed by atoms with Gasteiger partial charge in [0.25, 0.3) is 0 Å². The quantitative estimate of drug-likeness (QED) is 0.830. The van der Waals surface area contributed by atoms with Crippen LogP contribution in [0, 0.1) is 18.7 Å². The predicted octanol–water partition coefficient (Wildman–Crippen LogP) is 3.45. The van der Waals surface area contributed by atoms with E-state index in [0.717, 1.165) is 29.1 Å². The Morgan fingerprint density at radius 3 is 2.82 bits per heavy atom. The van der Waals surface area contributed by atoms with Gasteiger partial charge in [0.2, 0.25) is 5.91 Å². The largest absolute Gasteiger partial charge is 0.355 e. The number of benzene rings is 1. The van der Waals surface area contributed by atoms with E-state index in [-0.39, 0.29) is 18.1 Å². The Balaban J connectivity index is 1.39. The maximum Gasteiger partial charge on any atom is 0.224 e. The number of carbonyl (C=O) groups is 1. The van der Waals surface area contributed by atoms with E-state index in [1.165, 1.54) is 57.3 Å². The van der Waals surface area contributed by atoms with Crippen LogP contribution in [0.5, 0.6) is 0 Å². The van der Waals surface area contributed by atoms with Gasteiger partial charge in [0.15, 0.2) is 0 Å². The maximum atomic E-state index is 13.2.